The molecule has 1 aromatic heterocycles. The summed E-state index contributed by atoms with van der Waals surface area (Å²) < 4.78 is 22.9. The van der Waals surface area contributed by atoms with Gasteiger partial charge in [-0.3, -0.25) is 4.98 Å². The van der Waals surface area contributed by atoms with Crippen LogP contribution >= 0.6 is 0 Å². The predicted molar refractivity (Wildman–Crippen MR) is 67.5 cm³/mol. The number of sulfone groups is 1. The molecule has 94 valence electrons. The zero-order valence-electron chi connectivity index (χ0n) is 9.96. The Balaban J connectivity index is 2.03. The van der Waals surface area contributed by atoms with Gasteiger partial charge in [-0.15, -0.1) is 0 Å². The largest absolute Gasteiger partial charge is 0.316 e. The maximum Gasteiger partial charge on any atom is 0.150 e. The number of nitrogens with zero attached hydrogens (tertiary/aromatic N) is 1. The third-order valence-electron chi connectivity index (χ3n) is 3.39. The van der Waals surface area contributed by atoms with Gasteiger partial charge >= 0.3 is 0 Å². The lowest BCUT2D eigenvalue weighted by molar-refractivity contribution is 0.402. The molecule has 0 aromatic carbocycles. The van der Waals surface area contributed by atoms with Crippen molar-refractivity contribution in [2.24, 2.45) is 5.92 Å². The highest BCUT2D eigenvalue weighted by Gasteiger charge is 2.32. The molecule has 1 saturated heterocycles. The lowest BCUT2D eigenvalue weighted by Crippen LogP contribution is -2.36. The van der Waals surface area contributed by atoms with Crippen molar-refractivity contribution in [1.82, 2.24) is 10.3 Å². The Morgan fingerprint density at radius 2 is 2.41 bits per heavy atom. The fraction of sp³-hybridized carbons (Fsp3) is 0.583. The van der Waals surface area contributed by atoms with Crippen LogP contribution in [0.5, 0.6) is 0 Å². The maximum atomic E-state index is 11.5. The Morgan fingerprint density at radius 1 is 1.59 bits per heavy atom. The van der Waals surface area contributed by atoms with Gasteiger partial charge in [-0.05, 0) is 37.4 Å². The SMILES string of the molecule is CNC(Cc1cccnc1)C1CCS(=O)(=O)C1. The number of likely N-dealkylation sites (N-methyl/N-ethyl adjacent to an activating group) is 1. The van der Waals surface area contributed by atoms with Gasteiger partial charge in [-0.25, -0.2) is 8.42 Å². The lowest BCUT2D eigenvalue weighted by Gasteiger charge is -2.21. The minimum atomic E-state index is -2.80. The van der Waals surface area contributed by atoms with Crippen LogP contribution in [0.3, 0.4) is 0 Å². The van der Waals surface area contributed by atoms with E-state index in [4.69, 9.17) is 0 Å². The maximum absolute atomic E-state index is 11.5. The summed E-state index contributed by atoms with van der Waals surface area (Å²) in [5.41, 5.74) is 1.15. The second-order valence-electron chi connectivity index (χ2n) is 4.62. The van der Waals surface area contributed by atoms with Crippen LogP contribution < -0.4 is 5.32 Å². The number of hydrogen-bond acceptors (Lipinski definition) is 4. The molecule has 0 bridgehead atoms. The second-order valence-corrected chi connectivity index (χ2v) is 6.85. The summed E-state index contributed by atoms with van der Waals surface area (Å²) in [6, 6.07) is 4.16. The third kappa shape index (κ3) is 3.26. The molecule has 17 heavy (non-hydrogen) atoms. The summed E-state index contributed by atoms with van der Waals surface area (Å²) in [6.07, 6.45) is 5.20. The molecule has 1 N–H and O–H groups in total. The first-order valence-corrected chi connectivity index (χ1v) is 7.69. The molecule has 1 aromatic rings. The Morgan fingerprint density at radius 3 is 2.94 bits per heavy atom. The fourth-order valence-corrected chi connectivity index (χ4v) is 4.30. The van der Waals surface area contributed by atoms with E-state index >= 15 is 0 Å². The normalized spacial score (nSPS) is 24.6. The van der Waals surface area contributed by atoms with Crippen molar-refractivity contribution in [3.63, 3.8) is 0 Å². The highest BCUT2D eigenvalue weighted by atomic mass is 32.2. The number of nitrogens with one attached hydrogen (secondary N) is 1. The molecule has 2 rings (SSSR count). The Bertz CT molecular complexity index is 459. The molecule has 0 spiro atoms. The van der Waals surface area contributed by atoms with E-state index in [0.29, 0.717) is 11.5 Å². The summed E-state index contributed by atoms with van der Waals surface area (Å²) in [6.45, 7) is 0. The van der Waals surface area contributed by atoms with E-state index in [9.17, 15) is 8.42 Å². The minimum absolute atomic E-state index is 0.219. The van der Waals surface area contributed by atoms with Gasteiger partial charge in [0.05, 0.1) is 11.5 Å². The predicted octanol–water partition coefficient (Wildman–Crippen LogP) is 0.647. The minimum Gasteiger partial charge on any atom is -0.316 e. The second kappa shape index (κ2) is 5.14. The van der Waals surface area contributed by atoms with Gasteiger partial charge in [-0.1, -0.05) is 6.07 Å². The van der Waals surface area contributed by atoms with Gasteiger partial charge in [0.1, 0.15) is 0 Å². The topological polar surface area (TPSA) is 59.1 Å². The molecule has 1 aliphatic heterocycles. The first-order chi connectivity index (χ1) is 8.11. The summed E-state index contributed by atoms with van der Waals surface area (Å²) in [5.74, 6) is 0.881. The number of hydrogen-bond donors (Lipinski definition) is 1. The first-order valence-electron chi connectivity index (χ1n) is 5.87. The van der Waals surface area contributed by atoms with Crippen molar-refractivity contribution in [3.05, 3.63) is 30.1 Å². The van der Waals surface area contributed by atoms with Gasteiger partial charge in [0, 0.05) is 18.4 Å². The molecule has 5 heteroatoms. The van der Waals surface area contributed by atoms with Crippen LogP contribution in [0.1, 0.15) is 12.0 Å². The van der Waals surface area contributed by atoms with Crippen molar-refractivity contribution in [2.75, 3.05) is 18.6 Å². The van der Waals surface area contributed by atoms with Crippen LogP contribution in [0, 0.1) is 5.92 Å². The van der Waals surface area contributed by atoms with Crippen LogP contribution in [-0.2, 0) is 16.3 Å². The van der Waals surface area contributed by atoms with Crippen molar-refractivity contribution in [3.8, 4) is 0 Å². The van der Waals surface area contributed by atoms with Gasteiger partial charge in [-0.2, -0.15) is 0 Å². The number of rotatable bonds is 4. The lowest BCUT2D eigenvalue weighted by atomic mass is 9.94. The van der Waals surface area contributed by atoms with E-state index in [1.54, 1.807) is 6.20 Å². The van der Waals surface area contributed by atoms with Crippen molar-refractivity contribution in [2.45, 2.75) is 18.9 Å². The van der Waals surface area contributed by atoms with Crippen LogP contribution in [0.2, 0.25) is 0 Å². The summed E-state index contributed by atoms with van der Waals surface area (Å²) in [5, 5.41) is 3.24. The van der Waals surface area contributed by atoms with Crippen molar-refractivity contribution < 1.29 is 8.42 Å². The van der Waals surface area contributed by atoms with E-state index in [0.717, 1.165) is 18.4 Å². The van der Waals surface area contributed by atoms with Crippen LogP contribution in [-0.4, -0.2) is 38.0 Å². The van der Waals surface area contributed by atoms with Gasteiger partial charge in [0.15, 0.2) is 9.84 Å². The average Bonchev–Trinajstić information content (AvgIpc) is 2.68. The molecule has 0 radical (unpaired) electrons. The molecular formula is C12H18N2O2S. The zero-order chi connectivity index (χ0) is 12.3. The number of aromatic nitrogens is 1. The third-order valence-corrected chi connectivity index (χ3v) is 5.18. The number of pyridine rings is 1. The molecule has 2 unspecified atom stereocenters. The molecule has 4 nitrogen and oxygen atoms in total. The molecule has 2 atom stereocenters. The van der Waals surface area contributed by atoms with Crippen LogP contribution in [0.25, 0.3) is 0 Å². The molecule has 1 aliphatic rings. The summed E-state index contributed by atoms with van der Waals surface area (Å²) in [4.78, 5) is 4.08. The Kier molecular flexibility index (Phi) is 3.79. The average molecular weight is 254 g/mol. The molecular weight excluding hydrogens is 236 g/mol. The van der Waals surface area contributed by atoms with E-state index in [2.05, 4.69) is 10.3 Å². The fourth-order valence-electron chi connectivity index (χ4n) is 2.42. The Labute approximate surface area is 102 Å². The highest BCUT2D eigenvalue weighted by molar-refractivity contribution is 7.91. The van der Waals surface area contributed by atoms with Crippen molar-refractivity contribution in [1.29, 1.82) is 0 Å². The molecule has 1 fully saturated rings. The molecule has 0 aliphatic carbocycles. The molecule has 2 heterocycles. The zero-order valence-corrected chi connectivity index (χ0v) is 10.8. The summed E-state index contributed by atoms with van der Waals surface area (Å²) in [7, 11) is -0.904. The Hall–Kier alpha value is -0.940. The van der Waals surface area contributed by atoms with Crippen molar-refractivity contribution >= 4 is 9.84 Å². The monoisotopic (exact) mass is 254 g/mol. The first kappa shape index (κ1) is 12.5. The van der Waals surface area contributed by atoms with E-state index in [1.807, 2.05) is 25.4 Å². The van der Waals surface area contributed by atoms with Gasteiger partial charge < -0.3 is 5.32 Å². The highest BCUT2D eigenvalue weighted by Crippen LogP contribution is 2.23. The summed E-state index contributed by atoms with van der Waals surface area (Å²) >= 11 is 0. The standard InChI is InChI=1S/C12H18N2O2S/c1-13-12(7-10-3-2-5-14-8-10)11-4-6-17(15,16)9-11/h2-3,5,8,11-13H,4,6-7,9H2,1H3. The van der Waals surface area contributed by atoms with Crippen LogP contribution in [0.15, 0.2) is 24.5 Å². The van der Waals surface area contributed by atoms with E-state index in [-0.39, 0.29) is 12.0 Å². The molecule has 0 amide bonds. The van der Waals surface area contributed by atoms with E-state index in [1.165, 1.54) is 0 Å². The van der Waals surface area contributed by atoms with Crippen LogP contribution in [0.4, 0.5) is 0 Å². The van der Waals surface area contributed by atoms with Gasteiger partial charge in [0.2, 0.25) is 0 Å². The smallest absolute Gasteiger partial charge is 0.150 e. The quantitative estimate of drug-likeness (QED) is 0.857. The van der Waals surface area contributed by atoms with E-state index < -0.39 is 9.84 Å². The molecule has 0 saturated carbocycles. The van der Waals surface area contributed by atoms with Gasteiger partial charge in [0.25, 0.3) is 0 Å².